The van der Waals surface area contributed by atoms with Crippen LogP contribution in [0.5, 0.6) is 0 Å². The van der Waals surface area contributed by atoms with Crippen LogP contribution in [0.2, 0.25) is 0 Å². The van der Waals surface area contributed by atoms with Gasteiger partial charge in [0.05, 0.1) is 0 Å². The lowest BCUT2D eigenvalue weighted by molar-refractivity contribution is 0.624. The van der Waals surface area contributed by atoms with Gasteiger partial charge in [0, 0.05) is 5.92 Å². The van der Waals surface area contributed by atoms with E-state index in [-0.39, 0.29) is 0 Å². The first-order valence-electron chi connectivity index (χ1n) is 11.8. The van der Waals surface area contributed by atoms with E-state index in [1.54, 1.807) is 11.1 Å². The van der Waals surface area contributed by atoms with Gasteiger partial charge in [0.15, 0.2) is 0 Å². The van der Waals surface area contributed by atoms with Crippen LogP contribution in [0.1, 0.15) is 41.5 Å². The molecule has 4 aromatic rings. The molecule has 0 amide bonds. The zero-order valence-electron chi connectivity index (χ0n) is 18.6. The Morgan fingerprint density at radius 3 is 2.19 bits per heavy atom. The van der Waals surface area contributed by atoms with Crippen LogP contribution >= 0.6 is 0 Å². The van der Waals surface area contributed by atoms with Gasteiger partial charge in [0.1, 0.15) is 0 Å². The van der Waals surface area contributed by atoms with Crippen molar-refractivity contribution in [2.45, 2.75) is 32.1 Å². The molecule has 2 unspecified atom stereocenters. The average molecular weight is 413 g/mol. The number of rotatable bonds is 3. The van der Waals surface area contributed by atoms with E-state index in [1.807, 2.05) is 0 Å². The molecule has 2 atom stereocenters. The molecule has 0 aromatic heterocycles. The summed E-state index contributed by atoms with van der Waals surface area (Å²) >= 11 is 0. The van der Waals surface area contributed by atoms with Crippen molar-refractivity contribution in [2.24, 2.45) is 5.92 Å². The lowest BCUT2D eigenvalue weighted by Gasteiger charge is -2.28. The van der Waals surface area contributed by atoms with Crippen molar-refractivity contribution in [3.8, 4) is 0 Å². The van der Waals surface area contributed by atoms with Crippen molar-refractivity contribution in [1.82, 2.24) is 0 Å². The first kappa shape index (κ1) is 19.3. The standard InChI is InChI=1S/C32H28/c1-22-16-17-29-27(30(22)20-23-10-4-2-5-11-23)18-19-28-26-15-9-8-14-25(26)21-31(32(28)29)24-12-6-3-7-13-24/h2-15,18-19,21-22,31H,16-17,20H2,1H3. The second kappa shape index (κ2) is 7.95. The molecular weight excluding hydrogens is 384 g/mol. The second-order valence-corrected chi connectivity index (χ2v) is 9.32. The van der Waals surface area contributed by atoms with Crippen LogP contribution in [-0.2, 0) is 12.8 Å². The van der Waals surface area contributed by atoms with Gasteiger partial charge in [0.25, 0.3) is 0 Å². The maximum absolute atomic E-state index is 2.49. The van der Waals surface area contributed by atoms with Crippen LogP contribution in [-0.4, -0.2) is 0 Å². The van der Waals surface area contributed by atoms with Gasteiger partial charge in [-0.1, -0.05) is 116 Å². The highest BCUT2D eigenvalue weighted by atomic mass is 14.3. The molecule has 0 saturated heterocycles. The molecule has 0 spiro atoms. The molecule has 156 valence electrons. The molecule has 32 heavy (non-hydrogen) atoms. The SMILES string of the molecule is CC1CCc2c3c(ccc2=C1Cc1ccccc1)=c1ccccc1=CC3c1ccccc1. The summed E-state index contributed by atoms with van der Waals surface area (Å²) in [5.74, 6) is 0.929. The van der Waals surface area contributed by atoms with Crippen LogP contribution in [0.15, 0.2) is 97.1 Å². The molecule has 0 saturated carbocycles. The monoisotopic (exact) mass is 412 g/mol. The third-order valence-corrected chi connectivity index (χ3v) is 7.43. The fourth-order valence-electron chi connectivity index (χ4n) is 5.78. The molecular formula is C32H28. The molecule has 0 N–H and O–H groups in total. The van der Waals surface area contributed by atoms with E-state index in [4.69, 9.17) is 0 Å². The van der Waals surface area contributed by atoms with Crippen molar-refractivity contribution in [2.75, 3.05) is 0 Å². The van der Waals surface area contributed by atoms with Gasteiger partial charge in [-0.25, -0.2) is 0 Å². The highest BCUT2D eigenvalue weighted by molar-refractivity contribution is 5.61. The van der Waals surface area contributed by atoms with Crippen LogP contribution in [0.3, 0.4) is 0 Å². The average Bonchev–Trinajstić information content (AvgIpc) is 2.86. The number of fused-ring (bicyclic) bond motifs is 4. The summed E-state index contributed by atoms with van der Waals surface area (Å²) in [6.45, 7) is 2.41. The summed E-state index contributed by atoms with van der Waals surface area (Å²) in [5, 5.41) is 5.65. The van der Waals surface area contributed by atoms with E-state index < -0.39 is 0 Å². The summed E-state index contributed by atoms with van der Waals surface area (Å²) in [4.78, 5) is 0. The predicted molar refractivity (Wildman–Crippen MR) is 134 cm³/mol. The molecule has 0 heterocycles. The molecule has 0 fully saturated rings. The Kier molecular flexibility index (Phi) is 4.80. The molecule has 0 heteroatoms. The quantitative estimate of drug-likeness (QED) is 0.394. The van der Waals surface area contributed by atoms with E-state index in [9.17, 15) is 0 Å². The summed E-state index contributed by atoms with van der Waals surface area (Å²) in [6, 6.07) is 35.7. The van der Waals surface area contributed by atoms with Crippen molar-refractivity contribution in [1.29, 1.82) is 0 Å². The minimum atomic E-state index is 0.308. The Labute approximate surface area is 189 Å². The van der Waals surface area contributed by atoms with E-state index in [2.05, 4.69) is 110 Å². The Hall–Kier alpha value is -3.38. The maximum atomic E-state index is 2.49. The smallest absolute Gasteiger partial charge is 0.0287 e. The molecule has 4 aromatic carbocycles. The van der Waals surface area contributed by atoms with E-state index in [0.29, 0.717) is 11.8 Å². The van der Waals surface area contributed by atoms with Crippen molar-refractivity contribution < 1.29 is 0 Å². The van der Waals surface area contributed by atoms with Crippen LogP contribution in [0.4, 0.5) is 0 Å². The zero-order valence-corrected chi connectivity index (χ0v) is 18.6. The molecule has 0 aliphatic heterocycles. The van der Waals surface area contributed by atoms with Gasteiger partial charge in [0.2, 0.25) is 0 Å². The first-order valence-corrected chi connectivity index (χ1v) is 11.8. The second-order valence-electron chi connectivity index (χ2n) is 9.32. The van der Waals surface area contributed by atoms with Crippen LogP contribution in [0, 0.1) is 16.4 Å². The molecule has 2 aliphatic rings. The van der Waals surface area contributed by atoms with Gasteiger partial charge in [-0.2, -0.15) is 0 Å². The van der Waals surface area contributed by atoms with Gasteiger partial charge in [-0.05, 0) is 68.3 Å². The Balaban J connectivity index is 1.68. The number of hydrogen-bond acceptors (Lipinski definition) is 0. The van der Waals surface area contributed by atoms with Gasteiger partial charge in [-0.3, -0.25) is 0 Å². The Bertz CT molecular complexity index is 1490. The number of benzene rings is 4. The summed E-state index contributed by atoms with van der Waals surface area (Å²) in [5.41, 5.74) is 7.51. The summed E-state index contributed by atoms with van der Waals surface area (Å²) in [7, 11) is 0. The van der Waals surface area contributed by atoms with Gasteiger partial charge >= 0.3 is 0 Å². The topological polar surface area (TPSA) is 0 Å². The fraction of sp³-hybridized carbons (Fsp3) is 0.188. The number of hydrogen-bond donors (Lipinski definition) is 0. The summed E-state index contributed by atoms with van der Waals surface area (Å²) < 4.78 is 0. The lowest BCUT2D eigenvalue weighted by atomic mass is 9.75. The third kappa shape index (κ3) is 3.22. The molecule has 2 aliphatic carbocycles. The van der Waals surface area contributed by atoms with Gasteiger partial charge < -0.3 is 0 Å². The van der Waals surface area contributed by atoms with Crippen LogP contribution < -0.4 is 10.4 Å². The summed E-state index contributed by atoms with van der Waals surface area (Å²) in [6.07, 6.45) is 5.93. The van der Waals surface area contributed by atoms with Crippen LogP contribution in [0.25, 0.3) is 11.6 Å². The normalized spacial score (nSPS) is 18.8. The van der Waals surface area contributed by atoms with E-state index >= 15 is 0 Å². The molecule has 0 bridgehead atoms. The van der Waals surface area contributed by atoms with E-state index in [1.165, 1.54) is 44.0 Å². The van der Waals surface area contributed by atoms with E-state index in [0.717, 1.165) is 12.8 Å². The fourth-order valence-corrected chi connectivity index (χ4v) is 5.78. The zero-order chi connectivity index (χ0) is 21.5. The highest BCUT2D eigenvalue weighted by Gasteiger charge is 2.25. The van der Waals surface area contributed by atoms with Crippen molar-refractivity contribution >= 4 is 11.6 Å². The van der Waals surface area contributed by atoms with Crippen molar-refractivity contribution in [3.63, 3.8) is 0 Å². The molecule has 0 nitrogen and oxygen atoms in total. The Morgan fingerprint density at radius 1 is 0.688 bits per heavy atom. The minimum Gasteiger partial charge on any atom is -0.0647 e. The molecule has 0 radical (unpaired) electrons. The minimum absolute atomic E-state index is 0.308. The van der Waals surface area contributed by atoms with Gasteiger partial charge in [-0.15, -0.1) is 0 Å². The Morgan fingerprint density at radius 2 is 1.38 bits per heavy atom. The maximum Gasteiger partial charge on any atom is 0.0287 e. The first-order chi connectivity index (χ1) is 15.8. The largest absolute Gasteiger partial charge is 0.0647 e. The molecule has 6 rings (SSSR count). The lowest BCUT2D eigenvalue weighted by Crippen LogP contribution is -2.28. The third-order valence-electron chi connectivity index (χ3n) is 7.43. The highest BCUT2D eigenvalue weighted by Crippen LogP contribution is 2.34. The predicted octanol–water partition coefficient (Wildman–Crippen LogP) is 5.88. The van der Waals surface area contributed by atoms with Crippen molar-refractivity contribution in [3.05, 3.63) is 140 Å².